The van der Waals surface area contributed by atoms with E-state index in [9.17, 15) is 9.90 Å². The average Bonchev–Trinajstić information content (AvgIpc) is 2.89. The molecule has 0 saturated carbocycles. The average molecular weight is 299 g/mol. The Hall–Kier alpha value is -2.54. The first-order chi connectivity index (χ1) is 10.6. The van der Waals surface area contributed by atoms with Crippen molar-refractivity contribution in [1.82, 2.24) is 20.3 Å². The fourth-order valence-corrected chi connectivity index (χ4v) is 2.47. The summed E-state index contributed by atoms with van der Waals surface area (Å²) < 4.78 is 0. The third-order valence-corrected chi connectivity index (χ3v) is 3.62. The zero-order chi connectivity index (χ0) is 15.5. The summed E-state index contributed by atoms with van der Waals surface area (Å²) in [6, 6.07) is 6.64. The number of hydrogen-bond acceptors (Lipinski definition) is 6. The number of carbonyl (C=O) groups excluding carboxylic acids is 1. The first kappa shape index (κ1) is 14.4. The van der Waals surface area contributed by atoms with Gasteiger partial charge in [0, 0.05) is 31.0 Å². The highest BCUT2D eigenvalue weighted by atomic mass is 16.3. The molecule has 1 fully saturated rings. The molecule has 7 heteroatoms. The maximum Gasteiger partial charge on any atom is 0.270 e. The zero-order valence-electron chi connectivity index (χ0n) is 12.2. The van der Waals surface area contributed by atoms with Crippen LogP contribution in [0.2, 0.25) is 0 Å². The predicted octanol–water partition coefficient (Wildman–Crippen LogP) is 0.160. The van der Waals surface area contributed by atoms with Crippen molar-refractivity contribution in [3.05, 3.63) is 48.2 Å². The molecule has 0 aliphatic carbocycles. The molecule has 0 radical (unpaired) electrons. The largest absolute Gasteiger partial charge is 0.389 e. The number of carbonyl (C=O) groups is 1. The summed E-state index contributed by atoms with van der Waals surface area (Å²) in [5.41, 5.74) is 1.20. The summed E-state index contributed by atoms with van der Waals surface area (Å²) in [6.07, 6.45) is 2.41. The fraction of sp³-hybridized carbons (Fsp3) is 0.333. The van der Waals surface area contributed by atoms with E-state index in [0.717, 1.165) is 11.5 Å². The molecule has 2 atom stereocenters. The van der Waals surface area contributed by atoms with Crippen LogP contribution in [0.3, 0.4) is 0 Å². The predicted molar refractivity (Wildman–Crippen MR) is 80.5 cm³/mol. The van der Waals surface area contributed by atoms with Gasteiger partial charge in [0.05, 0.1) is 12.1 Å². The second-order valence-corrected chi connectivity index (χ2v) is 5.28. The van der Waals surface area contributed by atoms with Crippen LogP contribution in [0.4, 0.5) is 5.82 Å². The standard InChI is InChI=1S/C15H17N5O2/c1-10-6-14(18-9-17-10)20-7-12(13(21)8-20)19-15(22)11-4-2-3-5-16-11/h2-6,9,12-13,21H,7-8H2,1H3,(H,19,22)/t12-,13-/m1/s1. The van der Waals surface area contributed by atoms with Crippen molar-refractivity contribution in [1.29, 1.82) is 0 Å². The van der Waals surface area contributed by atoms with Crippen molar-refractivity contribution in [2.24, 2.45) is 0 Å². The van der Waals surface area contributed by atoms with E-state index < -0.39 is 6.10 Å². The molecule has 1 aliphatic heterocycles. The van der Waals surface area contributed by atoms with Crippen molar-refractivity contribution in [3.63, 3.8) is 0 Å². The number of aliphatic hydroxyl groups is 1. The van der Waals surface area contributed by atoms with E-state index in [0.29, 0.717) is 18.8 Å². The Balaban J connectivity index is 1.67. The van der Waals surface area contributed by atoms with Gasteiger partial charge in [-0.1, -0.05) is 6.07 Å². The minimum absolute atomic E-state index is 0.287. The maximum absolute atomic E-state index is 12.1. The molecule has 0 aromatic carbocycles. The second-order valence-electron chi connectivity index (χ2n) is 5.28. The Morgan fingerprint density at radius 1 is 1.32 bits per heavy atom. The molecule has 22 heavy (non-hydrogen) atoms. The van der Waals surface area contributed by atoms with Gasteiger partial charge in [0.2, 0.25) is 0 Å². The Bertz CT molecular complexity index is 664. The molecule has 2 aromatic heterocycles. The zero-order valence-corrected chi connectivity index (χ0v) is 12.2. The third kappa shape index (κ3) is 3.04. The lowest BCUT2D eigenvalue weighted by Gasteiger charge is -2.17. The normalized spacial score (nSPS) is 20.9. The molecule has 7 nitrogen and oxygen atoms in total. The Morgan fingerprint density at radius 3 is 2.91 bits per heavy atom. The van der Waals surface area contributed by atoms with Gasteiger partial charge in [-0.3, -0.25) is 9.78 Å². The van der Waals surface area contributed by atoms with Crippen molar-refractivity contribution in [3.8, 4) is 0 Å². The SMILES string of the molecule is Cc1cc(N2C[C@@H](O)[C@H](NC(=O)c3ccccn3)C2)ncn1. The van der Waals surface area contributed by atoms with Gasteiger partial charge >= 0.3 is 0 Å². The number of pyridine rings is 1. The number of aliphatic hydroxyl groups excluding tert-OH is 1. The van der Waals surface area contributed by atoms with Crippen LogP contribution < -0.4 is 10.2 Å². The van der Waals surface area contributed by atoms with Crippen LogP contribution in [0.25, 0.3) is 0 Å². The van der Waals surface area contributed by atoms with E-state index in [1.165, 1.54) is 6.33 Å². The Labute approximate surface area is 128 Å². The lowest BCUT2D eigenvalue weighted by Crippen LogP contribution is -2.43. The van der Waals surface area contributed by atoms with Crippen molar-refractivity contribution >= 4 is 11.7 Å². The van der Waals surface area contributed by atoms with Crippen LogP contribution in [0.5, 0.6) is 0 Å². The van der Waals surface area contributed by atoms with Crippen molar-refractivity contribution in [2.75, 3.05) is 18.0 Å². The topological polar surface area (TPSA) is 91.2 Å². The Morgan fingerprint density at radius 2 is 2.18 bits per heavy atom. The number of β-amino-alcohol motifs (C(OH)–C–C–N with tert-alkyl or cyclic N) is 1. The molecular weight excluding hydrogens is 282 g/mol. The molecule has 0 unspecified atom stereocenters. The molecular formula is C15H17N5O2. The molecule has 1 aliphatic rings. The molecule has 1 amide bonds. The number of amides is 1. The lowest BCUT2D eigenvalue weighted by molar-refractivity contribution is 0.0884. The smallest absolute Gasteiger partial charge is 0.270 e. The van der Waals surface area contributed by atoms with E-state index in [2.05, 4.69) is 20.3 Å². The molecule has 2 N–H and O–H groups in total. The van der Waals surface area contributed by atoms with Crippen molar-refractivity contribution in [2.45, 2.75) is 19.1 Å². The summed E-state index contributed by atoms with van der Waals surface area (Å²) in [4.78, 5) is 26.3. The summed E-state index contributed by atoms with van der Waals surface area (Å²) >= 11 is 0. The van der Waals surface area contributed by atoms with Gasteiger partial charge in [0.15, 0.2) is 0 Å². The monoisotopic (exact) mass is 299 g/mol. The number of hydrogen-bond donors (Lipinski definition) is 2. The molecule has 0 spiro atoms. The molecule has 0 bridgehead atoms. The first-order valence-corrected chi connectivity index (χ1v) is 7.07. The number of aromatic nitrogens is 3. The first-order valence-electron chi connectivity index (χ1n) is 7.07. The van der Waals surface area contributed by atoms with Crippen molar-refractivity contribution < 1.29 is 9.90 Å². The number of anilines is 1. The van der Waals surface area contributed by atoms with Crippen LogP contribution in [-0.4, -0.2) is 51.2 Å². The summed E-state index contributed by atoms with van der Waals surface area (Å²) in [6.45, 7) is 2.80. The molecule has 2 aromatic rings. The summed E-state index contributed by atoms with van der Waals surface area (Å²) in [5.74, 6) is 0.464. The molecule has 3 rings (SSSR count). The van der Waals surface area contributed by atoms with Gasteiger partial charge in [0.1, 0.15) is 17.8 Å². The van der Waals surface area contributed by atoms with Gasteiger partial charge in [0.25, 0.3) is 5.91 Å². The van der Waals surface area contributed by atoms with E-state index in [1.54, 1.807) is 24.4 Å². The highest BCUT2D eigenvalue weighted by molar-refractivity contribution is 5.92. The Kier molecular flexibility index (Phi) is 3.97. The summed E-state index contributed by atoms with van der Waals surface area (Å²) in [5, 5.41) is 13.0. The number of nitrogens with zero attached hydrogens (tertiary/aromatic N) is 4. The number of rotatable bonds is 3. The quantitative estimate of drug-likeness (QED) is 0.839. The third-order valence-electron chi connectivity index (χ3n) is 3.62. The van der Waals surface area contributed by atoms with Gasteiger partial charge in [-0.25, -0.2) is 9.97 Å². The highest BCUT2D eigenvalue weighted by Crippen LogP contribution is 2.18. The van der Waals surface area contributed by atoms with Gasteiger partial charge in [-0.2, -0.15) is 0 Å². The van der Waals surface area contributed by atoms with Gasteiger partial charge in [-0.15, -0.1) is 0 Å². The lowest BCUT2D eigenvalue weighted by atomic mass is 10.2. The molecule has 1 saturated heterocycles. The minimum Gasteiger partial charge on any atom is -0.389 e. The van der Waals surface area contributed by atoms with Crippen LogP contribution in [0.1, 0.15) is 16.2 Å². The summed E-state index contributed by atoms with van der Waals surface area (Å²) in [7, 11) is 0. The van der Waals surface area contributed by atoms with E-state index in [-0.39, 0.29) is 11.9 Å². The highest BCUT2D eigenvalue weighted by Gasteiger charge is 2.33. The van der Waals surface area contributed by atoms with Crippen LogP contribution in [0.15, 0.2) is 36.8 Å². The molecule has 3 heterocycles. The fourth-order valence-electron chi connectivity index (χ4n) is 2.47. The van der Waals surface area contributed by atoms with Gasteiger partial charge in [-0.05, 0) is 19.1 Å². The van der Waals surface area contributed by atoms with Gasteiger partial charge < -0.3 is 15.3 Å². The second kappa shape index (κ2) is 6.07. The van der Waals surface area contributed by atoms with Crippen LogP contribution >= 0.6 is 0 Å². The van der Waals surface area contributed by atoms with E-state index in [1.807, 2.05) is 17.9 Å². The maximum atomic E-state index is 12.1. The van der Waals surface area contributed by atoms with Crippen LogP contribution in [-0.2, 0) is 0 Å². The van der Waals surface area contributed by atoms with Crippen LogP contribution in [0, 0.1) is 6.92 Å². The number of nitrogens with one attached hydrogen (secondary N) is 1. The molecule has 114 valence electrons. The van der Waals surface area contributed by atoms with E-state index >= 15 is 0 Å². The van der Waals surface area contributed by atoms with E-state index in [4.69, 9.17) is 0 Å². The minimum atomic E-state index is -0.650. The number of aryl methyl sites for hydroxylation is 1.